The minimum atomic E-state index is -0.550. The first-order valence-corrected chi connectivity index (χ1v) is 6.44. The maximum atomic E-state index is 12.2. The Kier molecular flexibility index (Phi) is 3.31. The maximum absolute atomic E-state index is 12.2. The minimum Gasteiger partial charge on any atom is -0.443 e. The number of carbonyl (C=O) groups excluding carboxylic acids is 1. The van der Waals surface area contributed by atoms with Gasteiger partial charge < -0.3 is 4.74 Å². The standard InChI is InChI=1S/C14H17ClN2O2/c1-8-6-16-12(15)11-10(8)9(2)7-17(11)13(18)19-14(3,4)5/h6-7H,1-5H3. The Morgan fingerprint density at radius 2 is 1.95 bits per heavy atom. The molecule has 19 heavy (non-hydrogen) atoms. The summed E-state index contributed by atoms with van der Waals surface area (Å²) < 4.78 is 6.81. The Hall–Kier alpha value is -1.55. The summed E-state index contributed by atoms with van der Waals surface area (Å²) in [7, 11) is 0. The summed E-state index contributed by atoms with van der Waals surface area (Å²) in [4.78, 5) is 16.3. The molecule has 0 aromatic carbocycles. The number of rotatable bonds is 0. The van der Waals surface area contributed by atoms with Gasteiger partial charge in [-0.3, -0.25) is 0 Å². The van der Waals surface area contributed by atoms with Crippen molar-refractivity contribution in [2.75, 3.05) is 0 Å². The lowest BCUT2D eigenvalue weighted by molar-refractivity contribution is 0.0544. The second-order valence-corrected chi connectivity index (χ2v) is 5.98. The van der Waals surface area contributed by atoms with E-state index in [9.17, 15) is 4.79 Å². The number of carbonyl (C=O) groups is 1. The first-order valence-electron chi connectivity index (χ1n) is 6.07. The number of halogens is 1. The van der Waals surface area contributed by atoms with Crippen LogP contribution in [0.1, 0.15) is 31.9 Å². The quantitative estimate of drug-likeness (QED) is 0.683. The Labute approximate surface area is 117 Å². The van der Waals surface area contributed by atoms with Crippen LogP contribution in [0.2, 0.25) is 5.15 Å². The van der Waals surface area contributed by atoms with Gasteiger partial charge in [0.25, 0.3) is 0 Å². The molecule has 0 radical (unpaired) electrons. The highest BCUT2D eigenvalue weighted by Crippen LogP contribution is 2.29. The van der Waals surface area contributed by atoms with E-state index in [2.05, 4.69) is 4.98 Å². The van der Waals surface area contributed by atoms with Gasteiger partial charge in [-0.15, -0.1) is 0 Å². The Morgan fingerprint density at radius 1 is 1.32 bits per heavy atom. The van der Waals surface area contributed by atoms with E-state index in [0.29, 0.717) is 10.7 Å². The van der Waals surface area contributed by atoms with Crippen molar-refractivity contribution < 1.29 is 9.53 Å². The number of aromatic nitrogens is 2. The number of ether oxygens (including phenoxy) is 1. The van der Waals surface area contributed by atoms with Crippen LogP contribution in [0.3, 0.4) is 0 Å². The molecule has 0 fully saturated rings. The Balaban J connectivity index is 2.63. The van der Waals surface area contributed by atoms with Crippen molar-refractivity contribution in [3.63, 3.8) is 0 Å². The van der Waals surface area contributed by atoms with Crippen LogP contribution in [0, 0.1) is 13.8 Å². The molecule has 0 atom stereocenters. The minimum absolute atomic E-state index is 0.305. The number of aryl methyl sites for hydroxylation is 2. The zero-order valence-corrected chi connectivity index (χ0v) is 12.5. The van der Waals surface area contributed by atoms with Crippen molar-refractivity contribution in [1.29, 1.82) is 0 Å². The molecule has 0 aliphatic heterocycles. The van der Waals surface area contributed by atoms with Crippen LogP contribution >= 0.6 is 11.6 Å². The molecule has 0 spiro atoms. The van der Waals surface area contributed by atoms with Crippen molar-refractivity contribution in [3.8, 4) is 0 Å². The van der Waals surface area contributed by atoms with Crippen LogP contribution < -0.4 is 0 Å². The second-order valence-electron chi connectivity index (χ2n) is 5.62. The Bertz CT molecular complexity index is 653. The SMILES string of the molecule is Cc1cnc(Cl)c2c1c(C)cn2C(=O)OC(C)(C)C. The normalized spacial score (nSPS) is 11.9. The summed E-state index contributed by atoms with van der Waals surface area (Å²) in [6.45, 7) is 9.36. The predicted molar refractivity (Wildman–Crippen MR) is 75.8 cm³/mol. The zero-order chi connectivity index (χ0) is 14.4. The van der Waals surface area contributed by atoms with Gasteiger partial charge >= 0.3 is 6.09 Å². The summed E-state index contributed by atoms with van der Waals surface area (Å²) >= 11 is 6.12. The van der Waals surface area contributed by atoms with Gasteiger partial charge in [0.05, 0.1) is 5.52 Å². The van der Waals surface area contributed by atoms with Gasteiger partial charge in [-0.2, -0.15) is 0 Å². The van der Waals surface area contributed by atoms with E-state index in [4.69, 9.17) is 16.3 Å². The van der Waals surface area contributed by atoms with Crippen molar-refractivity contribution in [3.05, 3.63) is 28.7 Å². The summed E-state index contributed by atoms with van der Waals surface area (Å²) in [5.74, 6) is 0. The summed E-state index contributed by atoms with van der Waals surface area (Å²) in [5, 5.41) is 1.26. The van der Waals surface area contributed by atoms with Gasteiger partial charge in [0.15, 0.2) is 5.15 Å². The lowest BCUT2D eigenvalue weighted by Crippen LogP contribution is -2.26. The van der Waals surface area contributed by atoms with Gasteiger partial charge in [0.2, 0.25) is 0 Å². The van der Waals surface area contributed by atoms with Gasteiger partial charge in [0, 0.05) is 17.8 Å². The topological polar surface area (TPSA) is 44.1 Å². The molecule has 0 aliphatic rings. The van der Waals surface area contributed by atoms with E-state index < -0.39 is 11.7 Å². The average Bonchev–Trinajstić information content (AvgIpc) is 2.61. The van der Waals surface area contributed by atoms with E-state index in [1.807, 2.05) is 34.6 Å². The van der Waals surface area contributed by atoms with Crippen molar-refractivity contribution in [2.24, 2.45) is 0 Å². The molecule has 2 rings (SSSR count). The molecular weight excluding hydrogens is 264 g/mol. The average molecular weight is 281 g/mol. The highest BCUT2D eigenvalue weighted by atomic mass is 35.5. The van der Waals surface area contributed by atoms with Gasteiger partial charge in [0.1, 0.15) is 5.60 Å². The molecule has 4 nitrogen and oxygen atoms in total. The molecule has 5 heteroatoms. The Morgan fingerprint density at radius 3 is 2.53 bits per heavy atom. The van der Waals surface area contributed by atoms with Crippen LogP contribution in [0.4, 0.5) is 4.79 Å². The van der Waals surface area contributed by atoms with E-state index in [0.717, 1.165) is 16.5 Å². The van der Waals surface area contributed by atoms with Gasteiger partial charge in [-0.25, -0.2) is 14.3 Å². The lowest BCUT2D eigenvalue weighted by atomic mass is 10.1. The maximum Gasteiger partial charge on any atom is 0.419 e. The molecule has 2 aromatic rings. The largest absolute Gasteiger partial charge is 0.443 e. The lowest BCUT2D eigenvalue weighted by Gasteiger charge is -2.19. The monoisotopic (exact) mass is 280 g/mol. The molecule has 0 N–H and O–H groups in total. The fourth-order valence-corrected chi connectivity index (χ4v) is 2.30. The van der Waals surface area contributed by atoms with Crippen molar-refractivity contribution in [1.82, 2.24) is 9.55 Å². The second kappa shape index (κ2) is 4.53. The van der Waals surface area contributed by atoms with Crippen LogP contribution in [0.15, 0.2) is 12.4 Å². The number of pyridine rings is 1. The third-order valence-electron chi connectivity index (χ3n) is 2.75. The van der Waals surface area contributed by atoms with Crippen LogP contribution in [-0.4, -0.2) is 21.2 Å². The smallest absolute Gasteiger partial charge is 0.419 e. The highest BCUT2D eigenvalue weighted by Gasteiger charge is 2.22. The molecule has 0 aliphatic carbocycles. The number of hydrogen-bond acceptors (Lipinski definition) is 3. The first-order chi connectivity index (χ1) is 8.70. The molecule has 0 saturated carbocycles. The number of fused-ring (bicyclic) bond motifs is 1. The fraction of sp³-hybridized carbons (Fsp3) is 0.429. The molecule has 0 unspecified atom stereocenters. The fourth-order valence-electron chi connectivity index (χ4n) is 2.06. The molecular formula is C14H17ClN2O2. The summed E-state index contributed by atoms with van der Waals surface area (Å²) in [6.07, 6.45) is 3.00. The molecule has 102 valence electrons. The van der Waals surface area contributed by atoms with E-state index in [1.165, 1.54) is 4.57 Å². The number of nitrogens with zero attached hydrogens (tertiary/aromatic N) is 2. The van der Waals surface area contributed by atoms with Crippen molar-refractivity contribution in [2.45, 2.75) is 40.2 Å². The first kappa shape index (κ1) is 13.9. The zero-order valence-electron chi connectivity index (χ0n) is 11.7. The number of hydrogen-bond donors (Lipinski definition) is 0. The van der Waals surface area contributed by atoms with Crippen LogP contribution in [0.5, 0.6) is 0 Å². The molecule has 0 saturated heterocycles. The molecule has 2 heterocycles. The van der Waals surface area contributed by atoms with E-state index >= 15 is 0 Å². The highest BCUT2D eigenvalue weighted by molar-refractivity contribution is 6.34. The van der Waals surface area contributed by atoms with Gasteiger partial charge in [-0.05, 0) is 45.7 Å². The molecule has 0 bridgehead atoms. The summed E-state index contributed by atoms with van der Waals surface area (Å²) in [6, 6.07) is 0. The van der Waals surface area contributed by atoms with E-state index in [1.54, 1.807) is 12.4 Å². The van der Waals surface area contributed by atoms with Gasteiger partial charge in [-0.1, -0.05) is 11.6 Å². The third kappa shape index (κ3) is 2.59. The summed E-state index contributed by atoms with van der Waals surface area (Å²) in [5.41, 5.74) is 2.01. The van der Waals surface area contributed by atoms with E-state index in [-0.39, 0.29) is 0 Å². The molecule has 0 amide bonds. The third-order valence-corrected chi connectivity index (χ3v) is 3.02. The van der Waals surface area contributed by atoms with Crippen LogP contribution in [-0.2, 0) is 4.74 Å². The van der Waals surface area contributed by atoms with Crippen LogP contribution in [0.25, 0.3) is 10.9 Å². The molecule has 2 aromatic heterocycles. The van der Waals surface area contributed by atoms with Crippen molar-refractivity contribution >= 4 is 28.6 Å². The predicted octanol–water partition coefficient (Wildman–Crippen LogP) is 4.09.